The van der Waals surface area contributed by atoms with Crippen LogP contribution in [0.1, 0.15) is 98.3 Å². The monoisotopic (exact) mass is 396 g/mol. The molecule has 0 aromatic rings. The summed E-state index contributed by atoms with van der Waals surface area (Å²) in [5.41, 5.74) is 0. The highest BCUT2D eigenvalue weighted by atomic mass is 28.3. The second-order valence-electron chi connectivity index (χ2n) is 9.80. The lowest BCUT2D eigenvalue weighted by Crippen LogP contribution is -2.49. The smallest absolute Gasteiger partial charge is 0.109 e. The molecule has 2 nitrogen and oxygen atoms in total. The molecule has 0 N–H and O–H groups in total. The second-order valence-corrected chi connectivity index (χ2v) is 14.6. The summed E-state index contributed by atoms with van der Waals surface area (Å²) < 4.78 is 5.99. The zero-order valence-electron chi connectivity index (χ0n) is 18.7. The number of hydrogen-bond donors (Lipinski definition) is 0. The maximum Gasteiger partial charge on any atom is 0.109 e. The van der Waals surface area contributed by atoms with Gasteiger partial charge in [0.05, 0.1) is 9.68 Å². The first-order valence-electron chi connectivity index (χ1n) is 12.0. The molecule has 2 saturated carbocycles. The minimum Gasteiger partial charge on any atom is -0.324 e. The lowest BCUT2D eigenvalue weighted by Gasteiger charge is -2.41. The molecule has 2 aliphatic carbocycles. The lowest BCUT2D eigenvalue weighted by atomic mass is 9.95. The van der Waals surface area contributed by atoms with Crippen LogP contribution in [0, 0.1) is 0 Å². The minimum atomic E-state index is -0.733. The molecule has 2 rings (SSSR count). The van der Waals surface area contributed by atoms with Crippen molar-refractivity contribution >= 4 is 18.6 Å². The van der Waals surface area contributed by atoms with E-state index in [1.54, 1.807) is 12.1 Å². The molecule has 1 unspecified atom stereocenters. The van der Waals surface area contributed by atoms with Gasteiger partial charge in [-0.2, -0.15) is 0 Å². The SMILES string of the molecule is CC(C)N([SiH2]CCC[SiH](C)N(C(C)C)C1CCCCC1)C1CCCCC1. The largest absolute Gasteiger partial charge is 0.324 e. The van der Waals surface area contributed by atoms with Crippen molar-refractivity contribution in [1.29, 1.82) is 0 Å². The predicted molar refractivity (Wildman–Crippen MR) is 123 cm³/mol. The normalized spacial score (nSPS) is 22.5. The molecule has 0 aromatic carbocycles. The highest BCUT2D eigenvalue weighted by molar-refractivity contribution is 6.54. The number of nitrogens with zero attached hydrogens (tertiary/aromatic N) is 2. The van der Waals surface area contributed by atoms with E-state index < -0.39 is 8.96 Å². The maximum atomic E-state index is 3.02. The molecule has 26 heavy (non-hydrogen) atoms. The summed E-state index contributed by atoms with van der Waals surface area (Å²) in [5, 5.41) is 0. The van der Waals surface area contributed by atoms with E-state index in [9.17, 15) is 0 Å². The first kappa shape index (κ1) is 22.6. The van der Waals surface area contributed by atoms with E-state index in [0.29, 0.717) is 0 Å². The summed E-state index contributed by atoms with van der Waals surface area (Å²) >= 11 is 0. The van der Waals surface area contributed by atoms with Crippen LogP contribution in [0.25, 0.3) is 0 Å². The van der Waals surface area contributed by atoms with E-state index >= 15 is 0 Å². The maximum absolute atomic E-state index is 3.02. The zero-order valence-corrected chi connectivity index (χ0v) is 21.2. The van der Waals surface area contributed by atoms with Crippen molar-refractivity contribution in [2.24, 2.45) is 0 Å². The Kier molecular flexibility index (Phi) is 10.5. The van der Waals surface area contributed by atoms with Gasteiger partial charge < -0.3 is 9.13 Å². The average Bonchev–Trinajstić information content (AvgIpc) is 2.63. The third-order valence-electron chi connectivity index (χ3n) is 7.10. The Bertz CT molecular complexity index is 363. The average molecular weight is 397 g/mol. The summed E-state index contributed by atoms with van der Waals surface area (Å²) in [6, 6.07) is 6.54. The van der Waals surface area contributed by atoms with Crippen LogP contribution in [0.2, 0.25) is 18.6 Å². The Morgan fingerprint density at radius 1 is 0.808 bits per heavy atom. The number of rotatable bonds is 10. The fraction of sp³-hybridized carbons (Fsp3) is 1.00. The molecule has 0 bridgehead atoms. The molecular formula is C22H48N2Si2. The topological polar surface area (TPSA) is 6.48 Å². The molecule has 0 aromatic heterocycles. The Hall–Kier alpha value is 0.354. The van der Waals surface area contributed by atoms with E-state index in [2.05, 4.69) is 43.4 Å². The molecule has 0 heterocycles. The van der Waals surface area contributed by atoms with Crippen molar-refractivity contribution < 1.29 is 0 Å². The van der Waals surface area contributed by atoms with Gasteiger partial charge in [-0.3, -0.25) is 0 Å². The van der Waals surface area contributed by atoms with Crippen molar-refractivity contribution in [1.82, 2.24) is 9.13 Å². The molecule has 1 atom stereocenters. The Morgan fingerprint density at radius 2 is 1.35 bits per heavy atom. The molecule has 4 heteroatoms. The van der Waals surface area contributed by atoms with Crippen LogP contribution in [-0.4, -0.2) is 51.9 Å². The van der Waals surface area contributed by atoms with E-state index in [-0.39, 0.29) is 9.68 Å². The van der Waals surface area contributed by atoms with Gasteiger partial charge in [0.1, 0.15) is 8.96 Å². The highest BCUT2D eigenvalue weighted by Gasteiger charge is 2.28. The van der Waals surface area contributed by atoms with Crippen LogP contribution < -0.4 is 0 Å². The molecule has 2 fully saturated rings. The fourth-order valence-electron chi connectivity index (χ4n) is 5.83. The summed E-state index contributed by atoms with van der Waals surface area (Å²) in [5.74, 6) is 0. The third-order valence-corrected chi connectivity index (χ3v) is 13.0. The summed E-state index contributed by atoms with van der Waals surface area (Å²) in [6.07, 6.45) is 16.3. The van der Waals surface area contributed by atoms with E-state index in [0.717, 1.165) is 24.2 Å². The van der Waals surface area contributed by atoms with Gasteiger partial charge in [-0.1, -0.05) is 85.2 Å². The van der Waals surface area contributed by atoms with Gasteiger partial charge in [0.25, 0.3) is 0 Å². The van der Waals surface area contributed by atoms with Crippen LogP contribution in [-0.2, 0) is 0 Å². The van der Waals surface area contributed by atoms with Crippen LogP contribution in [0.3, 0.4) is 0 Å². The second kappa shape index (κ2) is 12.0. The fourth-order valence-corrected chi connectivity index (χ4v) is 11.7. The molecule has 154 valence electrons. The molecule has 0 spiro atoms. The quantitative estimate of drug-likeness (QED) is 0.364. The van der Waals surface area contributed by atoms with Crippen LogP contribution in [0.15, 0.2) is 0 Å². The van der Waals surface area contributed by atoms with Crippen LogP contribution in [0.5, 0.6) is 0 Å². The van der Waals surface area contributed by atoms with Crippen molar-refractivity contribution in [3.8, 4) is 0 Å². The first-order valence-corrected chi connectivity index (χ1v) is 16.2. The molecule has 0 radical (unpaired) electrons. The first-order chi connectivity index (χ1) is 12.5. The van der Waals surface area contributed by atoms with Crippen molar-refractivity contribution in [2.45, 2.75) is 141 Å². The zero-order chi connectivity index (χ0) is 18.9. The molecule has 0 amide bonds. The number of hydrogen-bond acceptors (Lipinski definition) is 2. The Morgan fingerprint density at radius 3 is 1.85 bits per heavy atom. The predicted octanol–water partition coefficient (Wildman–Crippen LogP) is 5.32. The van der Waals surface area contributed by atoms with E-state index in [4.69, 9.17) is 0 Å². The lowest BCUT2D eigenvalue weighted by molar-refractivity contribution is 0.216. The van der Waals surface area contributed by atoms with Crippen LogP contribution >= 0.6 is 0 Å². The van der Waals surface area contributed by atoms with Gasteiger partial charge in [0, 0.05) is 12.1 Å². The van der Waals surface area contributed by atoms with Gasteiger partial charge in [-0.05, 0) is 43.8 Å². The highest BCUT2D eigenvalue weighted by Crippen LogP contribution is 2.27. The van der Waals surface area contributed by atoms with Crippen molar-refractivity contribution in [3.63, 3.8) is 0 Å². The summed E-state index contributed by atoms with van der Waals surface area (Å²) in [7, 11) is -0.773. The minimum absolute atomic E-state index is 0.0399. The molecule has 0 aliphatic heterocycles. The summed E-state index contributed by atoms with van der Waals surface area (Å²) in [4.78, 5) is 0. The Labute approximate surface area is 169 Å². The van der Waals surface area contributed by atoms with Crippen molar-refractivity contribution in [2.75, 3.05) is 0 Å². The van der Waals surface area contributed by atoms with Gasteiger partial charge in [0.2, 0.25) is 0 Å². The van der Waals surface area contributed by atoms with Crippen LogP contribution in [0.4, 0.5) is 0 Å². The van der Waals surface area contributed by atoms with Gasteiger partial charge >= 0.3 is 0 Å². The Balaban J connectivity index is 1.75. The van der Waals surface area contributed by atoms with Gasteiger partial charge in [-0.15, -0.1) is 0 Å². The third kappa shape index (κ3) is 7.07. The van der Waals surface area contributed by atoms with E-state index in [1.165, 1.54) is 70.6 Å². The van der Waals surface area contributed by atoms with Gasteiger partial charge in [0.15, 0.2) is 0 Å². The standard InChI is InChI=1S/C22H48N2Si2/c1-19(2)23(21-13-8-6-9-14-21)25-17-12-18-26(5)24(20(3)4)22-15-10-7-11-16-22/h19-22,26H,6-18,25H2,1-5H3. The van der Waals surface area contributed by atoms with Crippen molar-refractivity contribution in [3.05, 3.63) is 0 Å². The van der Waals surface area contributed by atoms with Gasteiger partial charge in [-0.25, -0.2) is 0 Å². The molecule has 0 saturated heterocycles. The molecule has 2 aliphatic rings. The molecular weight excluding hydrogens is 348 g/mol. The van der Waals surface area contributed by atoms with E-state index in [1.807, 2.05) is 0 Å². The summed E-state index contributed by atoms with van der Waals surface area (Å²) in [6.45, 7) is 12.5.